The van der Waals surface area contributed by atoms with Crippen molar-refractivity contribution in [3.05, 3.63) is 29.8 Å². The summed E-state index contributed by atoms with van der Waals surface area (Å²) in [6.07, 6.45) is 0.646. The van der Waals surface area contributed by atoms with Gasteiger partial charge in [-0.2, -0.15) is 0 Å². The third kappa shape index (κ3) is 4.49. The number of rotatable bonds is 4. The standard InChI is InChI=1S/C12H18N2O/c1-9(2)8-14-12(13)7-10-3-5-11(15)6-4-10/h3-6,9,15H,7-8H2,1-2H3,(H2,13,14). The van der Waals surface area contributed by atoms with Gasteiger partial charge in [0.2, 0.25) is 0 Å². The van der Waals surface area contributed by atoms with Crippen LogP contribution >= 0.6 is 0 Å². The molecule has 0 aliphatic carbocycles. The van der Waals surface area contributed by atoms with Crippen LogP contribution in [0.25, 0.3) is 0 Å². The molecule has 0 aromatic heterocycles. The summed E-state index contributed by atoms with van der Waals surface area (Å²) in [5, 5.41) is 9.11. The average molecular weight is 206 g/mol. The fraction of sp³-hybridized carbons (Fsp3) is 0.417. The van der Waals surface area contributed by atoms with E-state index in [1.54, 1.807) is 12.1 Å². The highest BCUT2D eigenvalue weighted by Crippen LogP contribution is 2.09. The highest BCUT2D eigenvalue weighted by Gasteiger charge is 1.98. The van der Waals surface area contributed by atoms with Crippen molar-refractivity contribution >= 4 is 5.84 Å². The average Bonchev–Trinajstić information content (AvgIpc) is 2.19. The Kier molecular flexibility index (Phi) is 4.16. The van der Waals surface area contributed by atoms with Gasteiger partial charge in [0.15, 0.2) is 0 Å². The fourth-order valence-electron chi connectivity index (χ4n) is 1.18. The van der Waals surface area contributed by atoms with Gasteiger partial charge in [0, 0.05) is 13.0 Å². The van der Waals surface area contributed by atoms with Crippen LogP contribution in [0.15, 0.2) is 29.3 Å². The van der Waals surface area contributed by atoms with Gasteiger partial charge < -0.3 is 10.8 Å². The van der Waals surface area contributed by atoms with Gasteiger partial charge in [-0.05, 0) is 23.6 Å². The number of phenols is 1. The van der Waals surface area contributed by atoms with Gasteiger partial charge in [-0.15, -0.1) is 0 Å². The normalized spacial score (nSPS) is 12.1. The lowest BCUT2D eigenvalue weighted by atomic mass is 10.1. The first-order chi connectivity index (χ1) is 7.08. The maximum absolute atomic E-state index is 9.11. The second-order valence-corrected chi connectivity index (χ2v) is 4.07. The summed E-state index contributed by atoms with van der Waals surface area (Å²) in [7, 11) is 0. The summed E-state index contributed by atoms with van der Waals surface area (Å²) in [6, 6.07) is 7.02. The van der Waals surface area contributed by atoms with Crippen molar-refractivity contribution in [2.75, 3.05) is 6.54 Å². The minimum Gasteiger partial charge on any atom is -0.508 e. The Hall–Kier alpha value is -1.51. The van der Waals surface area contributed by atoms with Gasteiger partial charge >= 0.3 is 0 Å². The molecule has 0 amide bonds. The van der Waals surface area contributed by atoms with Crippen molar-refractivity contribution in [1.29, 1.82) is 0 Å². The molecular formula is C12H18N2O. The third-order valence-corrected chi connectivity index (χ3v) is 1.98. The van der Waals surface area contributed by atoms with Crippen molar-refractivity contribution in [3.8, 4) is 5.75 Å². The lowest BCUT2D eigenvalue weighted by Gasteiger charge is -2.03. The maximum Gasteiger partial charge on any atom is 0.115 e. The second-order valence-electron chi connectivity index (χ2n) is 4.07. The molecule has 0 saturated carbocycles. The highest BCUT2D eigenvalue weighted by molar-refractivity contribution is 5.82. The lowest BCUT2D eigenvalue weighted by molar-refractivity contribution is 0.475. The van der Waals surface area contributed by atoms with Crippen LogP contribution in [0.3, 0.4) is 0 Å². The molecule has 0 unspecified atom stereocenters. The van der Waals surface area contributed by atoms with E-state index in [0.29, 0.717) is 18.2 Å². The molecule has 0 bridgehead atoms. The van der Waals surface area contributed by atoms with Crippen LogP contribution in [-0.2, 0) is 6.42 Å². The van der Waals surface area contributed by atoms with E-state index >= 15 is 0 Å². The molecule has 3 nitrogen and oxygen atoms in total. The van der Waals surface area contributed by atoms with Crippen molar-refractivity contribution in [3.63, 3.8) is 0 Å². The van der Waals surface area contributed by atoms with Crippen LogP contribution in [0.2, 0.25) is 0 Å². The van der Waals surface area contributed by atoms with E-state index in [4.69, 9.17) is 10.8 Å². The number of benzene rings is 1. The topological polar surface area (TPSA) is 58.6 Å². The summed E-state index contributed by atoms with van der Waals surface area (Å²) in [5.74, 6) is 1.45. The van der Waals surface area contributed by atoms with Crippen LogP contribution in [0.1, 0.15) is 19.4 Å². The van der Waals surface area contributed by atoms with Crippen LogP contribution in [0.5, 0.6) is 5.75 Å². The predicted molar refractivity (Wildman–Crippen MR) is 63.1 cm³/mol. The number of aliphatic imine (C=N–C) groups is 1. The smallest absolute Gasteiger partial charge is 0.115 e. The van der Waals surface area contributed by atoms with E-state index in [0.717, 1.165) is 12.1 Å². The lowest BCUT2D eigenvalue weighted by Crippen LogP contribution is -2.16. The van der Waals surface area contributed by atoms with Crippen molar-refractivity contribution in [2.24, 2.45) is 16.6 Å². The zero-order valence-electron chi connectivity index (χ0n) is 9.27. The highest BCUT2D eigenvalue weighted by atomic mass is 16.3. The summed E-state index contributed by atoms with van der Waals surface area (Å²) >= 11 is 0. The molecule has 3 N–H and O–H groups in total. The van der Waals surface area contributed by atoms with E-state index in [1.807, 2.05) is 12.1 Å². The van der Waals surface area contributed by atoms with Gasteiger partial charge in [-0.25, -0.2) is 0 Å². The minimum absolute atomic E-state index is 0.274. The predicted octanol–water partition coefficient (Wildman–Crippen LogP) is 1.95. The first kappa shape index (κ1) is 11.6. The number of amidine groups is 1. The molecule has 3 heteroatoms. The molecular weight excluding hydrogens is 188 g/mol. The summed E-state index contributed by atoms with van der Waals surface area (Å²) in [4.78, 5) is 4.27. The second kappa shape index (κ2) is 5.39. The molecule has 82 valence electrons. The third-order valence-electron chi connectivity index (χ3n) is 1.98. The molecule has 0 saturated heterocycles. The molecule has 15 heavy (non-hydrogen) atoms. The molecule has 0 fully saturated rings. The van der Waals surface area contributed by atoms with E-state index in [1.165, 1.54) is 0 Å². The van der Waals surface area contributed by atoms with Crippen LogP contribution < -0.4 is 5.73 Å². The van der Waals surface area contributed by atoms with Gasteiger partial charge in [0.25, 0.3) is 0 Å². The molecule has 0 radical (unpaired) electrons. The van der Waals surface area contributed by atoms with Crippen LogP contribution in [-0.4, -0.2) is 17.5 Å². The Morgan fingerprint density at radius 2 is 1.93 bits per heavy atom. The van der Waals surface area contributed by atoms with E-state index in [-0.39, 0.29) is 5.75 Å². The summed E-state index contributed by atoms with van der Waals surface area (Å²) in [5.41, 5.74) is 6.85. The first-order valence-electron chi connectivity index (χ1n) is 5.14. The SMILES string of the molecule is CC(C)CN=C(N)Cc1ccc(O)cc1. The summed E-state index contributed by atoms with van der Waals surface area (Å²) < 4.78 is 0. The number of nitrogens with zero attached hydrogens (tertiary/aromatic N) is 1. The molecule has 0 spiro atoms. The Morgan fingerprint density at radius 1 is 1.33 bits per heavy atom. The van der Waals surface area contributed by atoms with Crippen LogP contribution in [0.4, 0.5) is 0 Å². The monoisotopic (exact) mass is 206 g/mol. The zero-order chi connectivity index (χ0) is 11.3. The fourth-order valence-corrected chi connectivity index (χ4v) is 1.18. The van der Waals surface area contributed by atoms with E-state index in [2.05, 4.69) is 18.8 Å². The van der Waals surface area contributed by atoms with Crippen molar-refractivity contribution in [2.45, 2.75) is 20.3 Å². The summed E-state index contributed by atoms with van der Waals surface area (Å²) in [6.45, 7) is 4.98. The van der Waals surface area contributed by atoms with Gasteiger partial charge in [-0.1, -0.05) is 26.0 Å². The number of phenolic OH excluding ortho intramolecular Hbond substituents is 1. The minimum atomic E-state index is 0.274. The molecule has 1 rings (SSSR count). The number of nitrogens with two attached hydrogens (primary N) is 1. The van der Waals surface area contributed by atoms with Gasteiger partial charge in [-0.3, -0.25) is 4.99 Å². The van der Waals surface area contributed by atoms with Crippen molar-refractivity contribution in [1.82, 2.24) is 0 Å². The van der Waals surface area contributed by atoms with Gasteiger partial charge in [0.05, 0.1) is 5.84 Å². The molecule has 0 heterocycles. The number of hydrogen-bond donors (Lipinski definition) is 2. The van der Waals surface area contributed by atoms with Crippen molar-refractivity contribution < 1.29 is 5.11 Å². The molecule has 0 aliphatic rings. The Bertz CT molecular complexity index is 328. The zero-order valence-corrected chi connectivity index (χ0v) is 9.27. The molecule has 0 atom stereocenters. The number of aromatic hydroxyl groups is 1. The number of hydrogen-bond acceptors (Lipinski definition) is 2. The van der Waals surface area contributed by atoms with E-state index < -0.39 is 0 Å². The molecule has 0 aliphatic heterocycles. The van der Waals surface area contributed by atoms with E-state index in [9.17, 15) is 0 Å². The molecule has 1 aromatic carbocycles. The van der Waals surface area contributed by atoms with Crippen LogP contribution in [0, 0.1) is 5.92 Å². The molecule has 1 aromatic rings. The quantitative estimate of drug-likeness (QED) is 0.584. The first-order valence-corrected chi connectivity index (χ1v) is 5.14. The Labute approximate surface area is 90.7 Å². The van der Waals surface area contributed by atoms with Gasteiger partial charge in [0.1, 0.15) is 5.75 Å². The Morgan fingerprint density at radius 3 is 2.47 bits per heavy atom. The maximum atomic E-state index is 9.11. The largest absolute Gasteiger partial charge is 0.508 e. The Balaban J connectivity index is 2.54.